The summed E-state index contributed by atoms with van der Waals surface area (Å²) in [4.78, 5) is 12.0. The molecule has 0 saturated heterocycles. The third kappa shape index (κ3) is 5.18. The van der Waals surface area contributed by atoms with Gasteiger partial charge in [0.15, 0.2) is 6.61 Å². The van der Waals surface area contributed by atoms with Crippen LogP contribution in [0.3, 0.4) is 0 Å². The van der Waals surface area contributed by atoms with Gasteiger partial charge in [-0.3, -0.25) is 10.1 Å². The molecule has 0 saturated carbocycles. The van der Waals surface area contributed by atoms with E-state index in [1.807, 2.05) is 24.3 Å². The van der Waals surface area contributed by atoms with E-state index >= 15 is 0 Å². The quantitative estimate of drug-likeness (QED) is 0.665. The van der Waals surface area contributed by atoms with Crippen LogP contribution in [0.4, 0.5) is 5.13 Å². The number of anilines is 1. The first kappa shape index (κ1) is 18.2. The molecule has 1 aromatic heterocycles. The maximum atomic E-state index is 12.0. The second kappa shape index (κ2) is 8.64. The molecular weight excluding hydrogens is 374 g/mol. The Bertz CT molecular complexity index is 866. The van der Waals surface area contributed by atoms with Crippen LogP contribution in [0.15, 0.2) is 48.5 Å². The van der Waals surface area contributed by atoms with Crippen molar-refractivity contribution in [3.8, 4) is 11.5 Å². The van der Waals surface area contributed by atoms with Gasteiger partial charge in [-0.15, -0.1) is 10.2 Å². The van der Waals surface area contributed by atoms with Crippen LogP contribution in [-0.2, 0) is 11.2 Å². The number of ether oxygens (including phenoxy) is 2. The fraction of sp³-hybridized carbons (Fsp3) is 0.167. The van der Waals surface area contributed by atoms with Gasteiger partial charge in [-0.25, -0.2) is 0 Å². The zero-order valence-electron chi connectivity index (χ0n) is 13.9. The fourth-order valence-corrected chi connectivity index (χ4v) is 3.04. The molecule has 0 spiro atoms. The van der Waals surface area contributed by atoms with Crippen LogP contribution in [-0.4, -0.2) is 29.8 Å². The first-order chi connectivity index (χ1) is 12.6. The molecule has 0 atom stereocenters. The van der Waals surface area contributed by atoms with Crippen molar-refractivity contribution < 1.29 is 14.3 Å². The average molecular weight is 390 g/mol. The summed E-state index contributed by atoms with van der Waals surface area (Å²) in [6.07, 6.45) is 0.638. The molecule has 0 aliphatic carbocycles. The van der Waals surface area contributed by atoms with E-state index in [4.69, 9.17) is 21.1 Å². The third-order valence-corrected chi connectivity index (χ3v) is 4.50. The molecule has 1 N–H and O–H groups in total. The summed E-state index contributed by atoms with van der Waals surface area (Å²) in [6, 6.07) is 14.5. The highest BCUT2D eigenvalue weighted by atomic mass is 35.5. The second-order valence-electron chi connectivity index (χ2n) is 5.32. The molecule has 0 radical (unpaired) electrons. The van der Waals surface area contributed by atoms with E-state index < -0.39 is 0 Å². The molecule has 0 aliphatic heterocycles. The van der Waals surface area contributed by atoms with Gasteiger partial charge in [0, 0.05) is 11.4 Å². The lowest BCUT2D eigenvalue weighted by molar-refractivity contribution is -0.118. The van der Waals surface area contributed by atoms with Crippen molar-refractivity contribution >= 4 is 34.0 Å². The van der Waals surface area contributed by atoms with E-state index in [-0.39, 0.29) is 12.5 Å². The van der Waals surface area contributed by atoms with E-state index in [0.717, 1.165) is 16.3 Å². The zero-order valence-corrected chi connectivity index (χ0v) is 15.5. The molecule has 2 aromatic carbocycles. The average Bonchev–Trinajstić information content (AvgIpc) is 3.08. The number of hydrogen-bond donors (Lipinski definition) is 1. The van der Waals surface area contributed by atoms with Gasteiger partial charge < -0.3 is 9.47 Å². The maximum absolute atomic E-state index is 12.0. The minimum atomic E-state index is -0.299. The van der Waals surface area contributed by atoms with Gasteiger partial charge in [-0.05, 0) is 42.0 Å². The number of benzene rings is 2. The van der Waals surface area contributed by atoms with Crippen LogP contribution < -0.4 is 14.8 Å². The smallest absolute Gasteiger partial charge is 0.264 e. The van der Waals surface area contributed by atoms with Gasteiger partial charge in [0.25, 0.3) is 5.91 Å². The van der Waals surface area contributed by atoms with E-state index in [1.54, 1.807) is 31.4 Å². The summed E-state index contributed by atoms with van der Waals surface area (Å²) in [5.41, 5.74) is 1.09. The van der Waals surface area contributed by atoms with Gasteiger partial charge in [0.1, 0.15) is 16.5 Å². The number of hydrogen-bond acceptors (Lipinski definition) is 6. The van der Waals surface area contributed by atoms with Gasteiger partial charge in [0.05, 0.1) is 7.11 Å². The lowest BCUT2D eigenvalue weighted by Gasteiger charge is -2.05. The Morgan fingerprint density at radius 3 is 2.46 bits per heavy atom. The van der Waals surface area contributed by atoms with Crippen LogP contribution in [0.2, 0.25) is 5.02 Å². The fourth-order valence-electron chi connectivity index (χ4n) is 2.13. The number of carbonyl (C=O) groups excluding carboxylic acids is 1. The molecule has 134 valence electrons. The molecule has 0 aliphatic rings. The van der Waals surface area contributed by atoms with E-state index in [1.165, 1.54) is 11.3 Å². The van der Waals surface area contributed by atoms with Crippen molar-refractivity contribution in [2.24, 2.45) is 0 Å². The Kier molecular flexibility index (Phi) is 6.04. The first-order valence-electron chi connectivity index (χ1n) is 7.76. The lowest BCUT2D eigenvalue weighted by atomic mass is 10.1. The minimum absolute atomic E-state index is 0.116. The Morgan fingerprint density at radius 1 is 1.08 bits per heavy atom. The van der Waals surface area contributed by atoms with E-state index in [9.17, 15) is 4.79 Å². The number of nitrogens with zero attached hydrogens (tertiary/aromatic N) is 2. The molecular formula is C18H16ClN3O3S. The van der Waals surface area contributed by atoms with Crippen LogP contribution in [0.25, 0.3) is 0 Å². The van der Waals surface area contributed by atoms with Crippen molar-refractivity contribution in [2.75, 3.05) is 19.0 Å². The predicted octanol–water partition coefficient (Wildman–Crippen LogP) is 3.81. The predicted molar refractivity (Wildman–Crippen MR) is 101 cm³/mol. The number of halogens is 1. The standard InChI is InChI=1S/C18H16ClN3O3S/c1-24-14-6-2-12(3-7-14)10-17-21-22-18(26-17)20-16(23)11-25-15-8-4-13(19)5-9-15/h2-9H,10-11H2,1H3,(H,20,22,23). The second-order valence-corrected chi connectivity index (χ2v) is 6.82. The summed E-state index contributed by atoms with van der Waals surface area (Å²) in [7, 11) is 1.63. The number of aromatic nitrogens is 2. The molecule has 1 amide bonds. The van der Waals surface area contributed by atoms with Crippen molar-refractivity contribution in [3.05, 3.63) is 64.1 Å². The molecule has 26 heavy (non-hydrogen) atoms. The molecule has 1 heterocycles. The summed E-state index contributed by atoms with van der Waals surface area (Å²) in [5.74, 6) is 1.08. The summed E-state index contributed by atoms with van der Waals surface area (Å²) in [6.45, 7) is -0.116. The van der Waals surface area contributed by atoms with Crippen LogP contribution in [0.5, 0.6) is 11.5 Å². The summed E-state index contributed by atoms with van der Waals surface area (Å²) in [5, 5.41) is 12.6. The number of amides is 1. The van der Waals surface area contributed by atoms with Crippen LogP contribution in [0, 0.1) is 0 Å². The first-order valence-corrected chi connectivity index (χ1v) is 8.95. The number of carbonyl (C=O) groups is 1. The monoisotopic (exact) mass is 389 g/mol. The highest BCUT2D eigenvalue weighted by Gasteiger charge is 2.10. The Labute approximate surface area is 159 Å². The molecule has 0 bridgehead atoms. The van der Waals surface area contributed by atoms with Gasteiger partial charge in [-0.2, -0.15) is 0 Å². The largest absolute Gasteiger partial charge is 0.497 e. The highest BCUT2D eigenvalue weighted by molar-refractivity contribution is 7.15. The van der Waals surface area contributed by atoms with Gasteiger partial charge >= 0.3 is 0 Å². The molecule has 6 nitrogen and oxygen atoms in total. The normalized spacial score (nSPS) is 10.4. The van der Waals surface area contributed by atoms with Crippen molar-refractivity contribution in [1.29, 1.82) is 0 Å². The zero-order chi connectivity index (χ0) is 18.4. The van der Waals surface area contributed by atoms with E-state index in [2.05, 4.69) is 15.5 Å². The number of methoxy groups -OCH3 is 1. The Morgan fingerprint density at radius 2 is 1.77 bits per heavy atom. The van der Waals surface area contributed by atoms with Crippen molar-refractivity contribution in [1.82, 2.24) is 10.2 Å². The minimum Gasteiger partial charge on any atom is -0.497 e. The lowest BCUT2D eigenvalue weighted by Crippen LogP contribution is -2.20. The van der Waals surface area contributed by atoms with Crippen LogP contribution >= 0.6 is 22.9 Å². The molecule has 3 rings (SSSR count). The topological polar surface area (TPSA) is 73.3 Å². The number of rotatable bonds is 7. The molecule has 0 fully saturated rings. The van der Waals surface area contributed by atoms with Crippen LogP contribution in [0.1, 0.15) is 10.6 Å². The SMILES string of the molecule is COc1ccc(Cc2nnc(NC(=O)COc3ccc(Cl)cc3)s2)cc1. The molecule has 3 aromatic rings. The van der Waals surface area contributed by atoms with Gasteiger partial charge in [-0.1, -0.05) is 35.1 Å². The highest BCUT2D eigenvalue weighted by Crippen LogP contribution is 2.20. The molecule has 8 heteroatoms. The molecule has 0 unspecified atom stereocenters. The third-order valence-electron chi connectivity index (χ3n) is 3.41. The van der Waals surface area contributed by atoms with Crippen molar-refractivity contribution in [2.45, 2.75) is 6.42 Å². The van der Waals surface area contributed by atoms with Crippen molar-refractivity contribution in [3.63, 3.8) is 0 Å². The van der Waals surface area contributed by atoms with Gasteiger partial charge in [0.2, 0.25) is 5.13 Å². The summed E-state index contributed by atoms with van der Waals surface area (Å²) >= 11 is 7.13. The maximum Gasteiger partial charge on any atom is 0.264 e. The summed E-state index contributed by atoms with van der Waals surface area (Å²) < 4.78 is 10.5. The number of nitrogens with one attached hydrogen (secondary N) is 1. The van der Waals surface area contributed by atoms with E-state index in [0.29, 0.717) is 22.3 Å². The Hall–Kier alpha value is -2.64. The Balaban J connectivity index is 1.50.